The Morgan fingerprint density at radius 3 is 2.21 bits per heavy atom. The van der Waals surface area contributed by atoms with Crippen molar-refractivity contribution in [2.24, 2.45) is 11.8 Å². The van der Waals surface area contributed by atoms with E-state index in [1.54, 1.807) is 0 Å². The first-order chi connectivity index (χ1) is 6.43. The van der Waals surface area contributed by atoms with E-state index in [-0.39, 0.29) is 12.0 Å². The zero-order chi connectivity index (χ0) is 10.9. The molecule has 0 bridgehead atoms. The molecule has 1 rings (SSSR count). The van der Waals surface area contributed by atoms with E-state index in [2.05, 4.69) is 13.8 Å². The molecule has 14 heavy (non-hydrogen) atoms. The number of rotatable bonds is 2. The molecule has 0 amide bonds. The van der Waals surface area contributed by atoms with E-state index in [0.29, 0.717) is 5.92 Å². The molecule has 84 valence electrons. The number of hydrogen-bond donors (Lipinski definition) is 3. The Balaban J connectivity index is 2.60. The standard InChI is InChI=1S/C10H20O4/c1-5(2)4-7-6(3)8(11)9(12)10(13)14-7/h5-13H,4H2,1-3H3. The maximum Gasteiger partial charge on any atom is 0.183 e. The van der Waals surface area contributed by atoms with Gasteiger partial charge in [0.1, 0.15) is 6.10 Å². The zero-order valence-electron chi connectivity index (χ0n) is 8.92. The second-order valence-corrected chi connectivity index (χ2v) is 4.53. The lowest BCUT2D eigenvalue weighted by molar-refractivity contribution is -0.268. The van der Waals surface area contributed by atoms with Crippen molar-refractivity contribution in [2.75, 3.05) is 0 Å². The van der Waals surface area contributed by atoms with Gasteiger partial charge in [-0.05, 0) is 12.3 Å². The van der Waals surface area contributed by atoms with Gasteiger partial charge in [0.25, 0.3) is 0 Å². The smallest absolute Gasteiger partial charge is 0.183 e. The van der Waals surface area contributed by atoms with Gasteiger partial charge in [0.05, 0.1) is 12.2 Å². The van der Waals surface area contributed by atoms with Gasteiger partial charge in [0.2, 0.25) is 0 Å². The van der Waals surface area contributed by atoms with Crippen LogP contribution in [0, 0.1) is 11.8 Å². The Kier molecular flexibility index (Phi) is 3.89. The summed E-state index contributed by atoms with van der Waals surface area (Å²) in [7, 11) is 0. The lowest BCUT2D eigenvalue weighted by atomic mass is 9.86. The maximum absolute atomic E-state index is 9.61. The second kappa shape index (κ2) is 4.57. The van der Waals surface area contributed by atoms with Crippen LogP contribution in [0.3, 0.4) is 0 Å². The molecule has 4 heteroatoms. The molecule has 5 unspecified atom stereocenters. The first-order valence-corrected chi connectivity index (χ1v) is 5.13. The first-order valence-electron chi connectivity index (χ1n) is 5.13. The van der Waals surface area contributed by atoms with Crippen molar-refractivity contribution in [3.8, 4) is 0 Å². The third-order valence-corrected chi connectivity index (χ3v) is 2.79. The molecule has 1 aliphatic rings. The molecule has 0 aliphatic carbocycles. The fraction of sp³-hybridized carbons (Fsp3) is 1.00. The van der Waals surface area contributed by atoms with E-state index >= 15 is 0 Å². The lowest BCUT2D eigenvalue weighted by Gasteiger charge is -2.40. The van der Waals surface area contributed by atoms with E-state index in [1.165, 1.54) is 0 Å². The van der Waals surface area contributed by atoms with Crippen LogP contribution in [0.2, 0.25) is 0 Å². The van der Waals surface area contributed by atoms with Crippen LogP contribution >= 0.6 is 0 Å². The third kappa shape index (κ3) is 2.45. The predicted molar refractivity (Wildman–Crippen MR) is 51.5 cm³/mol. The maximum atomic E-state index is 9.61. The summed E-state index contributed by atoms with van der Waals surface area (Å²) in [6.07, 6.45) is -2.74. The fourth-order valence-electron chi connectivity index (χ4n) is 1.82. The summed E-state index contributed by atoms with van der Waals surface area (Å²) in [4.78, 5) is 0. The quantitative estimate of drug-likeness (QED) is 0.597. The summed E-state index contributed by atoms with van der Waals surface area (Å²) in [6.45, 7) is 5.94. The van der Waals surface area contributed by atoms with Crippen molar-refractivity contribution >= 4 is 0 Å². The van der Waals surface area contributed by atoms with Crippen LogP contribution in [-0.4, -0.2) is 39.9 Å². The van der Waals surface area contributed by atoms with Crippen LogP contribution in [-0.2, 0) is 4.74 Å². The molecular weight excluding hydrogens is 184 g/mol. The summed E-state index contributed by atoms with van der Waals surface area (Å²) in [5.41, 5.74) is 0. The molecule has 3 N–H and O–H groups in total. The van der Waals surface area contributed by atoms with Crippen molar-refractivity contribution in [3.63, 3.8) is 0 Å². The molecule has 4 nitrogen and oxygen atoms in total. The van der Waals surface area contributed by atoms with E-state index < -0.39 is 18.5 Å². The predicted octanol–water partition coefficient (Wildman–Crippen LogP) is 0.108. The highest BCUT2D eigenvalue weighted by Crippen LogP contribution is 2.28. The topological polar surface area (TPSA) is 69.9 Å². The lowest BCUT2D eigenvalue weighted by Crippen LogP contribution is -2.53. The highest BCUT2D eigenvalue weighted by atomic mass is 16.6. The second-order valence-electron chi connectivity index (χ2n) is 4.53. The van der Waals surface area contributed by atoms with Crippen LogP contribution in [0.1, 0.15) is 27.2 Å². The van der Waals surface area contributed by atoms with Gasteiger partial charge in [0.15, 0.2) is 6.29 Å². The Bertz CT molecular complexity index is 183. The molecule has 0 radical (unpaired) electrons. The molecule has 5 atom stereocenters. The molecule has 1 fully saturated rings. The van der Waals surface area contributed by atoms with Crippen molar-refractivity contribution in [1.29, 1.82) is 0 Å². The van der Waals surface area contributed by atoms with Gasteiger partial charge in [0, 0.05) is 5.92 Å². The normalized spacial score (nSPS) is 44.4. The largest absolute Gasteiger partial charge is 0.390 e. The van der Waals surface area contributed by atoms with Crippen molar-refractivity contribution in [2.45, 2.75) is 51.8 Å². The number of aliphatic hydroxyl groups excluding tert-OH is 3. The van der Waals surface area contributed by atoms with Crippen LogP contribution in [0.4, 0.5) is 0 Å². The van der Waals surface area contributed by atoms with E-state index in [0.717, 1.165) is 6.42 Å². The van der Waals surface area contributed by atoms with Crippen LogP contribution in [0.5, 0.6) is 0 Å². The molecule has 0 aromatic carbocycles. The minimum Gasteiger partial charge on any atom is -0.390 e. The van der Waals surface area contributed by atoms with E-state index in [4.69, 9.17) is 4.74 Å². The van der Waals surface area contributed by atoms with Crippen LogP contribution in [0.25, 0.3) is 0 Å². The van der Waals surface area contributed by atoms with E-state index in [1.807, 2.05) is 6.92 Å². The number of hydrogen-bond acceptors (Lipinski definition) is 4. The Hall–Kier alpha value is -0.160. The van der Waals surface area contributed by atoms with Crippen LogP contribution < -0.4 is 0 Å². The van der Waals surface area contributed by atoms with Gasteiger partial charge < -0.3 is 20.1 Å². The van der Waals surface area contributed by atoms with Crippen molar-refractivity contribution in [3.05, 3.63) is 0 Å². The third-order valence-electron chi connectivity index (χ3n) is 2.79. The van der Waals surface area contributed by atoms with Gasteiger partial charge >= 0.3 is 0 Å². The molecule has 1 heterocycles. The van der Waals surface area contributed by atoms with Gasteiger partial charge in [-0.3, -0.25) is 0 Å². The van der Waals surface area contributed by atoms with Crippen molar-refractivity contribution < 1.29 is 20.1 Å². The Labute approximate surface area is 84.5 Å². The minimum absolute atomic E-state index is 0.143. The molecule has 0 aromatic rings. The highest BCUT2D eigenvalue weighted by molar-refractivity contribution is 4.86. The zero-order valence-corrected chi connectivity index (χ0v) is 8.92. The SMILES string of the molecule is CC(C)CC1OC(O)C(O)C(O)C1C. The number of ether oxygens (including phenoxy) is 1. The van der Waals surface area contributed by atoms with Crippen LogP contribution in [0.15, 0.2) is 0 Å². The average Bonchev–Trinajstić information content (AvgIpc) is 2.10. The Morgan fingerprint density at radius 1 is 1.14 bits per heavy atom. The van der Waals surface area contributed by atoms with E-state index in [9.17, 15) is 15.3 Å². The monoisotopic (exact) mass is 204 g/mol. The minimum atomic E-state index is -1.26. The molecule has 0 spiro atoms. The van der Waals surface area contributed by atoms with Gasteiger partial charge in [-0.25, -0.2) is 0 Å². The van der Waals surface area contributed by atoms with Crippen molar-refractivity contribution in [1.82, 2.24) is 0 Å². The summed E-state index contributed by atoms with van der Waals surface area (Å²) < 4.78 is 5.24. The number of aliphatic hydroxyl groups is 3. The summed E-state index contributed by atoms with van der Waals surface area (Å²) >= 11 is 0. The average molecular weight is 204 g/mol. The highest BCUT2D eigenvalue weighted by Gasteiger charge is 2.41. The molecule has 1 aliphatic heterocycles. The molecule has 0 aromatic heterocycles. The summed E-state index contributed by atoms with van der Waals surface area (Å²) in [6, 6.07) is 0. The molecular formula is C10H20O4. The summed E-state index contributed by atoms with van der Waals surface area (Å²) in [5, 5.41) is 28.3. The Morgan fingerprint density at radius 2 is 1.71 bits per heavy atom. The van der Waals surface area contributed by atoms with Gasteiger partial charge in [-0.2, -0.15) is 0 Å². The summed E-state index contributed by atoms with van der Waals surface area (Å²) in [5.74, 6) is 0.299. The fourth-order valence-corrected chi connectivity index (χ4v) is 1.82. The van der Waals surface area contributed by atoms with Gasteiger partial charge in [-0.1, -0.05) is 20.8 Å². The first kappa shape index (κ1) is 11.9. The molecule has 1 saturated heterocycles. The van der Waals surface area contributed by atoms with Gasteiger partial charge in [-0.15, -0.1) is 0 Å². The molecule has 0 saturated carbocycles.